The van der Waals surface area contributed by atoms with Gasteiger partial charge >= 0.3 is 12.0 Å². The number of carbonyl (C=O) groups excluding carboxylic acids is 3. The number of aromatic nitrogens is 1. The van der Waals surface area contributed by atoms with Crippen molar-refractivity contribution < 1.29 is 23.5 Å². The maximum Gasteiger partial charge on any atom is 0.323 e. The van der Waals surface area contributed by atoms with E-state index in [-0.39, 0.29) is 18.8 Å². The van der Waals surface area contributed by atoms with E-state index in [1.807, 2.05) is 24.3 Å². The molecule has 0 atom stereocenters. The Bertz CT molecular complexity index is 1520. The molecule has 0 bridgehead atoms. The van der Waals surface area contributed by atoms with Crippen LogP contribution >= 0.6 is 0 Å². The Hall–Kier alpha value is -4.50. The largest absolute Gasteiger partial charge is 0.460 e. The fraction of sp³-hybridized carbons (Fsp3) is 0.233. The van der Waals surface area contributed by atoms with E-state index >= 15 is 0 Å². The molecule has 1 aliphatic carbocycles. The Morgan fingerprint density at radius 1 is 0.974 bits per heavy atom. The molecule has 0 saturated heterocycles. The van der Waals surface area contributed by atoms with Crippen molar-refractivity contribution in [3.63, 3.8) is 0 Å². The monoisotopic (exact) mass is 528 g/mol. The van der Waals surface area contributed by atoms with Crippen LogP contribution in [0.25, 0.3) is 10.9 Å². The van der Waals surface area contributed by atoms with Crippen molar-refractivity contribution in [2.45, 2.75) is 38.2 Å². The highest BCUT2D eigenvalue weighted by molar-refractivity contribution is 6.10. The zero-order valence-corrected chi connectivity index (χ0v) is 21.3. The van der Waals surface area contributed by atoms with Gasteiger partial charge in [0, 0.05) is 28.4 Å². The molecule has 0 spiro atoms. The molecule has 0 unspecified atom stereocenters. The number of nitrogens with two attached hydrogens (primary N) is 1. The zero-order chi connectivity index (χ0) is 27.4. The highest BCUT2D eigenvalue weighted by atomic mass is 19.1. The maximum atomic E-state index is 14.2. The summed E-state index contributed by atoms with van der Waals surface area (Å²) in [4.78, 5) is 38.0. The molecule has 5 rings (SSSR count). The molecule has 4 aromatic rings. The van der Waals surface area contributed by atoms with Crippen LogP contribution in [0.4, 0.5) is 20.6 Å². The summed E-state index contributed by atoms with van der Waals surface area (Å²) in [7, 11) is 0. The first-order valence-corrected chi connectivity index (χ1v) is 12.9. The number of halogens is 1. The number of esters is 1. The summed E-state index contributed by atoms with van der Waals surface area (Å²) < 4.78 is 20.6. The summed E-state index contributed by atoms with van der Waals surface area (Å²) in [5, 5.41) is 5.91. The van der Waals surface area contributed by atoms with Crippen LogP contribution in [0.3, 0.4) is 0 Å². The first-order valence-electron chi connectivity index (χ1n) is 12.9. The summed E-state index contributed by atoms with van der Waals surface area (Å²) in [6.45, 7) is -0.398. The number of urea groups is 1. The van der Waals surface area contributed by atoms with Crippen LogP contribution in [0.15, 0.2) is 72.9 Å². The van der Waals surface area contributed by atoms with Crippen LogP contribution in [-0.2, 0) is 16.1 Å². The van der Waals surface area contributed by atoms with E-state index < -0.39 is 23.7 Å². The Labute approximate surface area is 224 Å². The lowest BCUT2D eigenvalue weighted by Gasteiger charge is -2.11. The number of ether oxygens (including phenoxy) is 1. The van der Waals surface area contributed by atoms with Gasteiger partial charge in [-0.15, -0.1) is 0 Å². The second-order valence-corrected chi connectivity index (χ2v) is 9.58. The molecule has 9 heteroatoms. The number of fused-ring (bicyclic) bond motifs is 1. The number of amides is 2. The van der Waals surface area contributed by atoms with Gasteiger partial charge in [-0.2, -0.15) is 0 Å². The molecule has 8 nitrogen and oxygen atoms in total. The quantitative estimate of drug-likeness (QED) is 0.263. The smallest absolute Gasteiger partial charge is 0.323 e. The number of carbonyl (C=O) groups is 3. The number of rotatable bonds is 7. The normalized spacial score (nSPS) is 13.4. The summed E-state index contributed by atoms with van der Waals surface area (Å²) in [6, 6.07) is 18.0. The summed E-state index contributed by atoms with van der Waals surface area (Å²) in [5.74, 6) is -0.955. The van der Waals surface area contributed by atoms with Crippen molar-refractivity contribution >= 4 is 40.2 Å². The molecule has 39 heavy (non-hydrogen) atoms. The van der Waals surface area contributed by atoms with Crippen LogP contribution < -0.4 is 16.4 Å². The predicted molar refractivity (Wildman–Crippen MR) is 147 cm³/mol. The van der Waals surface area contributed by atoms with Crippen molar-refractivity contribution in [1.29, 1.82) is 0 Å². The van der Waals surface area contributed by atoms with Crippen LogP contribution in [0.2, 0.25) is 0 Å². The van der Waals surface area contributed by atoms with Gasteiger partial charge in [0.15, 0.2) is 0 Å². The van der Waals surface area contributed by atoms with Crippen molar-refractivity contribution in [1.82, 2.24) is 4.57 Å². The standard InChI is InChI=1S/C30H29FN4O4/c31-22-11-14-27-25(15-22)26(34-30(38)33-23-12-9-20(10-13-23)19-5-1-2-6-19)17-35(27)29(37)24-8-4-3-7-21(24)18-39-28(36)16-32/h3-4,7-15,17,19H,1-2,5-6,16,18,32H2,(H2,33,34,38). The lowest BCUT2D eigenvalue weighted by molar-refractivity contribution is -0.143. The molecule has 0 radical (unpaired) electrons. The van der Waals surface area contributed by atoms with Gasteiger partial charge in [0.2, 0.25) is 0 Å². The van der Waals surface area contributed by atoms with Gasteiger partial charge in [0.05, 0.1) is 17.7 Å². The topological polar surface area (TPSA) is 115 Å². The van der Waals surface area contributed by atoms with Gasteiger partial charge in [0.1, 0.15) is 12.4 Å². The maximum absolute atomic E-state index is 14.2. The zero-order valence-electron chi connectivity index (χ0n) is 21.3. The number of hydrogen-bond donors (Lipinski definition) is 3. The Morgan fingerprint density at radius 3 is 2.46 bits per heavy atom. The van der Waals surface area contributed by atoms with E-state index in [2.05, 4.69) is 10.6 Å². The molecule has 1 fully saturated rings. The number of anilines is 2. The highest BCUT2D eigenvalue weighted by Crippen LogP contribution is 2.34. The van der Waals surface area contributed by atoms with Crippen LogP contribution in [0, 0.1) is 5.82 Å². The second-order valence-electron chi connectivity index (χ2n) is 9.58. The fourth-order valence-electron chi connectivity index (χ4n) is 5.05. The second kappa shape index (κ2) is 11.5. The van der Waals surface area contributed by atoms with Gasteiger partial charge in [-0.1, -0.05) is 43.2 Å². The van der Waals surface area contributed by atoms with E-state index in [0.717, 1.165) is 0 Å². The van der Waals surface area contributed by atoms with Crippen molar-refractivity contribution in [2.24, 2.45) is 5.73 Å². The molecule has 2 amide bonds. The number of nitrogens with one attached hydrogen (secondary N) is 2. The lowest BCUT2D eigenvalue weighted by atomic mass is 9.98. The third-order valence-corrected chi connectivity index (χ3v) is 7.03. The average molecular weight is 529 g/mol. The minimum absolute atomic E-state index is 0.126. The van der Waals surface area contributed by atoms with Gasteiger partial charge in [-0.05, 0) is 60.7 Å². The molecular formula is C30H29FN4O4. The molecule has 1 aromatic heterocycles. The molecule has 200 valence electrons. The van der Waals surface area contributed by atoms with Crippen LogP contribution in [0.5, 0.6) is 0 Å². The number of benzene rings is 3. The van der Waals surface area contributed by atoms with E-state index in [1.165, 1.54) is 60.2 Å². The minimum Gasteiger partial charge on any atom is -0.460 e. The third kappa shape index (κ3) is 5.83. The SMILES string of the molecule is NCC(=O)OCc1ccccc1C(=O)n1cc(NC(=O)Nc2ccc(C3CCCC3)cc2)c2cc(F)ccc21. The third-order valence-electron chi connectivity index (χ3n) is 7.03. The van der Waals surface area contributed by atoms with Gasteiger partial charge < -0.3 is 21.1 Å². The Kier molecular flexibility index (Phi) is 7.69. The van der Waals surface area contributed by atoms with Gasteiger partial charge in [0.25, 0.3) is 5.91 Å². The van der Waals surface area contributed by atoms with E-state index in [0.29, 0.717) is 33.6 Å². The van der Waals surface area contributed by atoms with Gasteiger partial charge in [-0.25, -0.2) is 9.18 Å². The Morgan fingerprint density at radius 2 is 1.72 bits per heavy atom. The summed E-state index contributed by atoms with van der Waals surface area (Å²) >= 11 is 0. The number of hydrogen-bond acceptors (Lipinski definition) is 5. The molecule has 1 aliphatic rings. The van der Waals surface area contributed by atoms with Crippen molar-refractivity contribution in [3.05, 3.63) is 95.4 Å². The average Bonchev–Trinajstić information content (AvgIpc) is 3.61. The summed E-state index contributed by atoms with van der Waals surface area (Å²) in [6.07, 6.45) is 6.33. The van der Waals surface area contributed by atoms with E-state index in [9.17, 15) is 18.8 Å². The fourth-order valence-corrected chi connectivity index (χ4v) is 5.05. The predicted octanol–water partition coefficient (Wildman–Crippen LogP) is 5.77. The van der Waals surface area contributed by atoms with Crippen molar-refractivity contribution in [2.75, 3.05) is 17.2 Å². The highest BCUT2D eigenvalue weighted by Gasteiger charge is 2.20. The number of nitrogens with zero attached hydrogens (tertiary/aromatic N) is 1. The van der Waals surface area contributed by atoms with Crippen molar-refractivity contribution in [3.8, 4) is 0 Å². The lowest BCUT2D eigenvalue weighted by Crippen LogP contribution is -2.19. The van der Waals surface area contributed by atoms with E-state index in [4.69, 9.17) is 10.5 Å². The molecular weight excluding hydrogens is 499 g/mol. The molecule has 1 heterocycles. The molecule has 1 saturated carbocycles. The molecule has 0 aliphatic heterocycles. The summed E-state index contributed by atoms with van der Waals surface area (Å²) in [5.41, 5.74) is 8.66. The van der Waals surface area contributed by atoms with Crippen LogP contribution in [-0.4, -0.2) is 29.0 Å². The van der Waals surface area contributed by atoms with E-state index in [1.54, 1.807) is 24.3 Å². The minimum atomic E-state index is -0.593. The van der Waals surface area contributed by atoms with Gasteiger partial charge in [-0.3, -0.25) is 14.2 Å². The van der Waals surface area contributed by atoms with Crippen LogP contribution in [0.1, 0.15) is 53.1 Å². The first kappa shape index (κ1) is 26.1. The molecule has 4 N–H and O–H groups in total. The molecule has 3 aromatic carbocycles. The first-order chi connectivity index (χ1) is 18.9. The Balaban J connectivity index is 1.38.